The fourth-order valence-corrected chi connectivity index (χ4v) is 3.63. The molecule has 1 fully saturated rings. The number of hydrogen-bond donors (Lipinski definition) is 2. The molecule has 2 aromatic rings. The summed E-state index contributed by atoms with van der Waals surface area (Å²) in [5, 5.41) is 17.0. The number of aliphatic hydroxyl groups is 1. The SMILES string of the molecule is CO[C@H]1C[C@@H](CO)N(C(=O)c2ccc(NCc3ccsc3)cc2)C1. The van der Waals surface area contributed by atoms with Crippen LogP contribution in [0, 0.1) is 0 Å². The molecule has 2 atom stereocenters. The van der Waals surface area contributed by atoms with Gasteiger partial charge in [0.25, 0.3) is 5.91 Å². The summed E-state index contributed by atoms with van der Waals surface area (Å²) in [6.45, 7) is 1.26. The maximum absolute atomic E-state index is 12.7. The van der Waals surface area contributed by atoms with Crippen LogP contribution in [0.25, 0.3) is 0 Å². The number of benzene rings is 1. The van der Waals surface area contributed by atoms with E-state index < -0.39 is 0 Å². The number of amides is 1. The Morgan fingerprint density at radius 3 is 2.79 bits per heavy atom. The van der Waals surface area contributed by atoms with Gasteiger partial charge in [-0.2, -0.15) is 11.3 Å². The van der Waals surface area contributed by atoms with E-state index >= 15 is 0 Å². The Morgan fingerprint density at radius 2 is 2.17 bits per heavy atom. The largest absolute Gasteiger partial charge is 0.394 e. The van der Waals surface area contributed by atoms with E-state index in [4.69, 9.17) is 4.74 Å². The van der Waals surface area contributed by atoms with E-state index in [0.717, 1.165) is 12.2 Å². The molecule has 5 nitrogen and oxygen atoms in total. The average molecular weight is 346 g/mol. The van der Waals surface area contributed by atoms with Crippen molar-refractivity contribution in [3.05, 3.63) is 52.2 Å². The van der Waals surface area contributed by atoms with E-state index in [0.29, 0.717) is 18.5 Å². The van der Waals surface area contributed by atoms with Crippen molar-refractivity contribution >= 4 is 22.9 Å². The average Bonchev–Trinajstić information content (AvgIpc) is 3.29. The number of carbonyl (C=O) groups excluding carboxylic acids is 1. The Morgan fingerprint density at radius 1 is 1.38 bits per heavy atom. The van der Waals surface area contributed by atoms with Gasteiger partial charge in [0.2, 0.25) is 0 Å². The van der Waals surface area contributed by atoms with Crippen LogP contribution in [0.1, 0.15) is 22.3 Å². The zero-order valence-electron chi connectivity index (χ0n) is 13.6. The highest BCUT2D eigenvalue weighted by Gasteiger charge is 2.35. The predicted molar refractivity (Wildman–Crippen MR) is 95.4 cm³/mol. The van der Waals surface area contributed by atoms with Crippen LogP contribution in [-0.2, 0) is 11.3 Å². The molecule has 0 saturated carbocycles. The predicted octanol–water partition coefficient (Wildman–Crippen LogP) is 2.58. The van der Waals surface area contributed by atoms with Gasteiger partial charge in [-0.3, -0.25) is 4.79 Å². The number of nitrogens with one attached hydrogen (secondary N) is 1. The Bertz CT molecular complexity index is 657. The minimum atomic E-state index is -0.168. The first-order valence-electron chi connectivity index (χ1n) is 8.01. The molecule has 2 heterocycles. The lowest BCUT2D eigenvalue weighted by atomic mass is 10.1. The number of rotatable bonds is 6. The maximum atomic E-state index is 12.7. The summed E-state index contributed by atoms with van der Waals surface area (Å²) in [5.74, 6) is -0.0574. The van der Waals surface area contributed by atoms with Crippen molar-refractivity contribution in [1.29, 1.82) is 0 Å². The second kappa shape index (κ2) is 7.79. The molecular weight excluding hydrogens is 324 g/mol. The van der Waals surface area contributed by atoms with Crippen molar-refractivity contribution in [3.63, 3.8) is 0 Å². The number of carbonyl (C=O) groups is 1. The molecule has 0 aliphatic carbocycles. The van der Waals surface area contributed by atoms with Crippen LogP contribution in [0.2, 0.25) is 0 Å². The summed E-state index contributed by atoms with van der Waals surface area (Å²) in [7, 11) is 1.64. The molecule has 6 heteroatoms. The smallest absolute Gasteiger partial charge is 0.254 e. The van der Waals surface area contributed by atoms with Crippen LogP contribution in [0.15, 0.2) is 41.1 Å². The molecule has 0 bridgehead atoms. The Labute approximate surface area is 145 Å². The summed E-state index contributed by atoms with van der Waals surface area (Å²) in [6, 6.07) is 9.40. The van der Waals surface area contributed by atoms with Crippen LogP contribution in [0.4, 0.5) is 5.69 Å². The lowest BCUT2D eigenvalue weighted by molar-refractivity contribution is 0.0648. The van der Waals surface area contributed by atoms with Gasteiger partial charge in [-0.15, -0.1) is 0 Å². The molecule has 24 heavy (non-hydrogen) atoms. The maximum Gasteiger partial charge on any atom is 0.254 e. The minimum absolute atomic E-state index is 0.00218. The van der Waals surface area contributed by atoms with Crippen LogP contribution in [0.3, 0.4) is 0 Å². The highest BCUT2D eigenvalue weighted by Crippen LogP contribution is 2.23. The monoisotopic (exact) mass is 346 g/mol. The molecule has 1 aromatic heterocycles. The molecule has 3 rings (SSSR count). The molecule has 128 valence electrons. The standard InChI is InChI=1S/C18H22N2O3S/c1-23-17-8-16(11-21)20(10-17)18(22)14-2-4-15(5-3-14)19-9-13-6-7-24-12-13/h2-7,12,16-17,19,21H,8-11H2,1H3/t16-,17-/m0/s1. The summed E-state index contributed by atoms with van der Waals surface area (Å²) >= 11 is 1.68. The summed E-state index contributed by atoms with van der Waals surface area (Å²) in [5.41, 5.74) is 2.85. The van der Waals surface area contributed by atoms with Gasteiger partial charge in [-0.25, -0.2) is 0 Å². The second-order valence-electron chi connectivity index (χ2n) is 5.95. The third-order valence-electron chi connectivity index (χ3n) is 4.39. The Balaban J connectivity index is 1.63. The van der Waals surface area contributed by atoms with Crippen molar-refractivity contribution in [1.82, 2.24) is 4.90 Å². The lowest BCUT2D eigenvalue weighted by Gasteiger charge is -2.22. The highest BCUT2D eigenvalue weighted by atomic mass is 32.1. The van der Waals surface area contributed by atoms with Crippen LogP contribution in [0.5, 0.6) is 0 Å². The van der Waals surface area contributed by atoms with Crippen molar-refractivity contribution in [2.75, 3.05) is 25.6 Å². The van der Waals surface area contributed by atoms with Gasteiger partial charge in [0.05, 0.1) is 18.8 Å². The van der Waals surface area contributed by atoms with Crippen molar-refractivity contribution in [2.45, 2.75) is 25.1 Å². The molecular formula is C18H22N2O3S. The summed E-state index contributed by atoms with van der Waals surface area (Å²) < 4.78 is 5.33. The van der Waals surface area contributed by atoms with Crippen molar-refractivity contribution in [2.24, 2.45) is 0 Å². The number of anilines is 1. The molecule has 1 aromatic carbocycles. The topological polar surface area (TPSA) is 61.8 Å². The highest BCUT2D eigenvalue weighted by molar-refractivity contribution is 7.07. The van der Waals surface area contributed by atoms with Crippen LogP contribution < -0.4 is 5.32 Å². The van der Waals surface area contributed by atoms with E-state index in [1.807, 2.05) is 24.3 Å². The second-order valence-corrected chi connectivity index (χ2v) is 6.73. The first-order chi connectivity index (χ1) is 11.7. The number of likely N-dealkylation sites (tertiary alicyclic amines) is 1. The molecule has 1 aliphatic heterocycles. The molecule has 0 spiro atoms. The molecule has 2 N–H and O–H groups in total. The quantitative estimate of drug-likeness (QED) is 0.844. The molecule has 0 unspecified atom stereocenters. The van der Waals surface area contributed by atoms with Crippen molar-refractivity contribution in [3.8, 4) is 0 Å². The van der Waals surface area contributed by atoms with Gasteiger partial charge in [0, 0.05) is 31.5 Å². The van der Waals surface area contributed by atoms with Crippen LogP contribution in [-0.4, -0.2) is 48.3 Å². The normalized spacial score (nSPS) is 20.3. The molecule has 0 radical (unpaired) electrons. The Kier molecular flexibility index (Phi) is 5.50. The first kappa shape index (κ1) is 17.0. The number of nitrogens with zero attached hydrogens (tertiary/aromatic N) is 1. The fraction of sp³-hybridized carbons (Fsp3) is 0.389. The summed E-state index contributed by atoms with van der Waals surface area (Å²) in [6.07, 6.45) is 0.677. The van der Waals surface area contributed by atoms with Gasteiger partial charge in [0.15, 0.2) is 0 Å². The number of methoxy groups -OCH3 is 1. The molecule has 1 saturated heterocycles. The van der Waals surface area contributed by atoms with E-state index in [9.17, 15) is 9.90 Å². The van der Waals surface area contributed by atoms with Crippen molar-refractivity contribution < 1.29 is 14.6 Å². The third kappa shape index (κ3) is 3.77. The number of aliphatic hydroxyl groups excluding tert-OH is 1. The third-order valence-corrected chi connectivity index (χ3v) is 5.12. The molecule has 1 amide bonds. The van der Waals surface area contributed by atoms with Crippen LogP contribution >= 0.6 is 11.3 Å². The fourth-order valence-electron chi connectivity index (χ4n) is 2.96. The van der Waals surface area contributed by atoms with Gasteiger partial charge >= 0.3 is 0 Å². The number of hydrogen-bond acceptors (Lipinski definition) is 5. The number of ether oxygens (including phenoxy) is 1. The molecule has 1 aliphatic rings. The van der Waals surface area contributed by atoms with Gasteiger partial charge < -0.3 is 20.1 Å². The van der Waals surface area contributed by atoms with E-state index in [2.05, 4.69) is 22.1 Å². The van der Waals surface area contributed by atoms with E-state index in [1.165, 1.54) is 5.56 Å². The number of thiophene rings is 1. The van der Waals surface area contributed by atoms with Gasteiger partial charge in [0.1, 0.15) is 0 Å². The zero-order chi connectivity index (χ0) is 16.9. The Hall–Kier alpha value is -1.89. The van der Waals surface area contributed by atoms with Gasteiger partial charge in [-0.05, 0) is 53.1 Å². The van der Waals surface area contributed by atoms with E-state index in [1.54, 1.807) is 23.3 Å². The van der Waals surface area contributed by atoms with E-state index in [-0.39, 0.29) is 24.7 Å². The zero-order valence-corrected chi connectivity index (χ0v) is 14.5. The first-order valence-corrected chi connectivity index (χ1v) is 8.95. The van der Waals surface area contributed by atoms with Gasteiger partial charge in [-0.1, -0.05) is 0 Å². The lowest BCUT2D eigenvalue weighted by Crippen LogP contribution is -2.38. The minimum Gasteiger partial charge on any atom is -0.394 e. The summed E-state index contributed by atoms with van der Waals surface area (Å²) in [4.78, 5) is 14.4.